The standard InChI is InChI=1S/C28H25NO2/c30-27(22-10-5-2-6-11-22)25(21-8-3-1-4-9-21)15-18-29-17-14-24(20-29)26-13-7-12-23-16-19-31-28(23)26/h1-13,16,19-20,25H,14-15,17-18H2. The van der Waals surface area contributed by atoms with Crippen LogP contribution in [0, 0.1) is 0 Å². The predicted molar refractivity (Wildman–Crippen MR) is 125 cm³/mol. The van der Waals surface area contributed by atoms with Crippen molar-refractivity contribution in [2.24, 2.45) is 0 Å². The molecule has 0 fully saturated rings. The minimum Gasteiger partial charge on any atom is -0.464 e. The molecule has 0 radical (unpaired) electrons. The summed E-state index contributed by atoms with van der Waals surface area (Å²) in [7, 11) is 0. The Labute approximate surface area is 182 Å². The lowest BCUT2D eigenvalue weighted by molar-refractivity contribution is 0.0951. The minimum atomic E-state index is -0.144. The number of rotatable bonds is 7. The summed E-state index contributed by atoms with van der Waals surface area (Å²) < 4.78 is 5.73. The molecule has 0 saturated heterocycles. The number of ketones is 1. The molecule has 2 heterocycles. The average Bonchev–Trinajstić information content (AvgIpc) is 3.50. The van der Waals surface area contributed by atoms with Crippen LogP contribution in [0.1, 0.15) is 40.2 Å². The third kappa shape index (κ3) is 4.04. The first-order valence-corrected chi connectivity index (χ1v) is 10.8. The number of carbonyl (C=O) groups is 1. The third-order valence-electron chi connectivity index (χ3n) is 6.11. The number of fused-ring (bicyclic) bond motifs is 1. The van der Waals surface area contributed by atoms with E-state index in [2.05, 4.69) is 41.4 Å². The van der Waals surface area contributed by atoms with Crippen LogP contribution < -0.4 is 0 Å². The van der Waals surface area contributed by atoms with E-state index in [1.54, 1.807) is 6.26 Å². The van der Waals surface area contributed by atoms with Crippen LogP contribution in [-0.4, -0.2) is 23.8 Å². The van der Waals surface area contributed by atoms with Crippen LogP contribution in [0.4, 0.5) is 0 Å². The first-order chi connectivity index (χ1) is 15.3. The molecule has 3 aromatic carbocycles. The zero-order chi connectivity index (χ0) is 21.0. The van der Waals surface area contributed by atoms with Crippen LogP contribution >= 0.6 is 0 Å². The summed E-state index contributed by atoms with van der Waals surface area (Å²) in [6.45, 7) is 1.81. The van der Waals surface area contributed by atoms with Crippen molar-refractivity contribution in [1.29, 1.82) is 0 Å². The maximum Gasteiger partial charge on any atom is 0.170 e. The zero-order valence-electron chi connectivity index (χ0n) is 17.4. The number of para-hydroxylation sites is 1. The second kappa shape index (κ2) is 8.65. The van der Waals surface area contributed by atoms with Gasteiger partial charge in [0.15, 0.2) is 5.78 Å². The Morgan fingerprint density at radius 1 is 0.903 bits per heavy atom. The Morgan fingerprint density at radius 3 is 2.48 bits per heavy atom. The summed E-state index contributed by atoms with van der Waals surface area (Å²) in [6.07, 6.45) is 5.77. The maximum absolute atomic E-state index is 13.3. The highest BCUT2D eigenvalue weighted by molar-refractivity contribution is 6.01. The molecule has 0 spiro atoms. The van der Waals surface area contributed by atoms with Crippen molar-refractivity contribution in [2.45, 2.75) is 18.8 Å². The Bertz CT molecular complexity index is 1210. The Kier molecular flexibility index (Phi) is 5.40. The van der Waals surface area contributed by atoms with Gasteiger partial charge in [-0.3, -0.25) is 4.79 Å². The van der Waals surface area contributed by atoms with Gasteiger partial charge in [-0.25, -0.2) is 0 Å². The molecule has 0 amide bonds. The van der Waals surface area contributed by atoms with Gasteiger partial charge in [-0.15, -0.1) is 0 Å². The second-order valence-corrected chi connectivity index (χ2v) is 8.07. The number of hydrogen-bond donors (Lipinski definition) is 0. The highest BCUT2D eigenvalue weighted by Gasteiger charge is 2.24. The lowest BCUT2D eigenvalue weighted by Crippen LogP contribution is -2.22. The van der Waals surface area contributed by atoms with E-state index in [1.165, 1.54) is 11.1 Å². The van der Waals surface area contributed by atoms with Crippen molar-refractivity contribution in [1.82, 2.24) is 4.90 Å². The third-order valence-corrected chi connectivity index (χ3v) is 6.11. The quantitative estimate of drug-likeness (QED) is 0.326. The number of nitrogens with zero attached hydrogens (tertiary/aromatic N) is 1. The lowest BCUT2D eigenvalue weighted by Gasteiger charge is -2.21. The molecule has 1 atom stereocenters. The van der Waals surface area contributed by atoms with Gasteiger partial charge in [-0.2, -0.15) is 0 Å². The predicted octanol–water partition coefficient (Wildman–Crippen LogP) is 6.54. The molecule has 1 aromatic heterocycles. The van der Waals surface area contributed by atoms with Crippen molar-refractivity contribution < 1.29 is 9.21 Å². The van der Waals surface area contributed by atoms with E-state index in [9.17, 15) is 4.79 Å². The van der Waals surface area contributed by atoms with Crippen molar-refractivity contribution in [3.63, 3.8) is 0 Å². The summed E-state index contributed by atoms with van der Waals surface area (Å²) in [6, 6.07) is 28.1. The number of Topliss-reactive ketones (excluding diaryl/α,β-unsaturated/α-hetero) is 1. The summed E-state index contributed by atoms with van der Waals surface area (Å²) in [5.41, 5.74) is 5.28. The van der Waals surface area contributed by atoms with Crippen LogP contribution in [-0.2, 0) is 0 Å². The Hall–Kier alpha value is -3.59. The molecule has 0 bridgehead atoms. The molecule has 1 unspecified atom stereocenters. The average molecular weight is 408 g/mol. The summed E-state index contributed by atoms with van der Waals surface area (Å²) in [5.74, 6) is 0.0464. The number of furan rings is 1. The van der Waals surface area contributed by atoms with Gasteiger partial charge in [-0.05, 0) is 30.0 Å². The largest absolute Gasteiger partial charge is 0.464 e. The SMILES string of the molecule is O=C(c1ccccc1)C(CCN1C=C(c2cccc3ccoc23)CC1)c1ccccc1. The molecule has 31 heavy (non-hydrogen) atoms. The molecule has 3 nitrogen and oxygen atoms in total. The van der Waals surface area contributed by atoms with Gasteiger partial charge in [0.1, 0.15) is 5.58 Å². The van der Waals surface area contributed by atoms with E-state index in [0.717, 1.165) is 48.0 Å². The fourth-order valence-electron chi connectivity index (χ4n) is 4.47. The molecule has 5 rings (SSSR count). The molecule has 0 saturated carbocycles. The van der Waals surface area contributed by atoms with Crippen molar-refractivity contribution in [3.8, 4) is 0 Å². The molecule has 1 aliphatic heterocycles. The van der Waals surface area contributed by atoms with Crippen LogP contribution in [0.3, 0.4) is 0 Å². The molecule has 0 aliphatic carbocycles. The smallest absolute Gasteiger partial charge is 0.170 e. The summed E-state index contributed by atoms with van der Waals surface area (Å²) >= 11 is 0. The highest BCUT2D eigenvalue weighted by Crippen LogP contribution is 2.32. The van der Waals surface area contributed by atoms with Gasteiger partial charge >= 0.3 is 0 Å². The minimum absolute atomic E-state index is 0.144. The van der Waals surface area contributed by atoms with Crippen molar-refractivity contribution in [2.75, 3.05) is 13.1 Å². The van der Waals surface area contributed by atoms with Crippen LogP contribution in [0.15, 0.2) is 102 Å². The zero-order valence-corrected chi connectivity index (χ0v) is 17.4. The van der Waals surface area contributed by atoms with Crippen molar-refractivity contribution in [3.05, 3.63) is 114 Å². The van der Waals surface area contributed by atoms with Gasteiger partial charge in [0.05, 0.1) is 6.26 Å². The van der Waals surface area contributed by atoms with E-state index in [1.807, 2.05) is 54.6 Å². The number of benzene rings is 3. The monoisotopic (exact) mass is 407 g/mol. The first kappa shape index (κ1) is 19.4. The summed E-state index contributed by atoms with van der Waals surface area (Å²) in [5, 5.41) is 1.13. The molecule has 1 aliphatic rings. The molecule has 3 heteroatoms. The molecule has 4 aromatic rings. The fraction of sp³-hybridized carbons (Fsp3) is 0.179. The first-order valence-electron chi connectivity index (χ1n) is 10.8. The van der Waals surface area contributed by atoms with Gasteiger partial charge in [0.25, 0.3) is 0 Å². The van der Waals surface area contributed by atoms with E-state index in [-0.39, 0.29) is 11.7 Å². The lowest BCUT2D eigenvalue weighted by atomic mass is 9.88. The molecule has 0 N–H and O–H groups in total. The maximum atomic E-state index is 13.3. The second-order valence-electron chi connectivity index (χ2n) is 8.07. The van der Waals surface area contributed by atoms with E-state index in [4.69, 9.17) is 4.42 Å². The van der Waals surface area contributed by atoms with Crippen LogP contribution in [0.25, 0.3) is 16.5 Å². The summed E-state index contributed by atoms with van der Waals surface area (Å²) in [4.78, 5) is 15.6. The van der Waals surface area contributed by atoms with Crippen molar-refractivity contribution >= 4 is 22.3 Å². The van der Waals surface area contributed by atoms with Gasteiger partial charge in [0.2, 0.25) is 0 Å². The fourth-order valence-corrected chi connectivity index (χ4v) is 4.47. The topological polar surface area (TPSA) is 33.5 Å². The highest BCUT2D eigenvalue weighted by atomic mass is 16.3. The van der Waals surface area contributed by atoms with Crippen LogP contribution in [0.2, 0.25) is 0 Å². The molecule has 154 valence electrons. The van der Waals surface area contributed by atoms with Gasteiger partial charge in [-0.1, -0.05) is 78.9 Å². The van der Waals surface area contributed by atoms with E-state index < -0.39 is 0 Å². The normalized spacial score (nSPS) is 14.6. The van der Waals surface area contributed by atoms with E-state index >= 15 is 0 Å². The number of hydrogen-bond acceptors (Lipinski definition) is 3. The molecular weight excluding hydrogens is 382 g/mol. The van der Waals surface area contributed by atoms with Gasteiger partial charge < -0.3 is 9.32 Å². The number of carbonyl (C=O) groups excluding carboxylic acids is 1. The van der Waals surface area contributed by atoms with E-state index in [0.29, 0.717) is 0 Å². The molecular formula is C28H25NO2. The van der Waals surface area contributed by atoms with Crippen LogP contribution in [0.5, 0.6) is 0 Å². The van der Waals surface area contributed by atoms with Gasteiger partial charge in [0, 0.05) is 41.7 Å². The Balaban J connectivity index is 1.35. The Morgan fingerprint density at radius 2 is 1.68 bits per heavy atom.